The Balaban J connectivity index is 1.40. The van der Waals surface area contributed by atoms with E-state index in [2.05, 4.69) is 43.4 Å². The van der Waals surface area contributed by atoms with Gasteiger partial charge in [-0.1, -0.05) is 38.1 Å². The van der Waals surface area contributed by atoms with Gasteiger partial charge in [-0.05, 0) is 41.7 Å². The lowest BCUT2D eigenvalue weighted by atomic mass is 10.0. The maximum atomic E-state index is 12.0. The average Bonchev–Trinajstić information content (AvgIpc) is 3.14. The molecule has 0 bridgehead atoms. The number of fused-ring (bicyclic) bond motifs is 1. The molecule has 1 heterocycles. The second kappa shape index (κ2) is 8.58. The van der Waals surface area contributed by atoms with Crippen molar-refractivity contribution in [3.63, 3.8) is 0 Å². The average molecular weight is 369 g/mol. The zero-order chi connectivity index (χ0) is 19.2. The highest BCUT2D eigenvalue weighted by molar-refractivity contribution is 5.92. The van der Waals surface area contributed by atoms with Crippen molar-refractivity contribution >= 4 is 11.9 Å². The van der Waals surface area contributed by atoms with Gasteiger partial charge in [-0.3, -0.25) is 4.79 Å². The molecule has 0 saturated carbocycles. The third-order valence-electron chi connectivity index (χ3n) is 4.32. The van der Waals surface area contributed by atoms with Gasteiger partial charge in [-0.2, -0.15) is 0 Å². The van der Waals surface area contributed by atoms with E-state index in [1.165, 1.54) is 5.56 Å². The van der Waals surface area contributed by atoms with Crippen molar-refractivity contribution in [1.29, 1.82) is 0 Å². The second-order valence-corrected chi connectivity index (χ2v) is 6.64. The van der Waals surface area contributed by atoms with E-state index in [-0.39, 0.29) is 19.3 Å². The molecule has 0 fully saturated rings. The number of benzene rings is 2. The molecule has 1 aliphatic heterocycles. The van der Waals surface area contributed by atoms with Crippen LogP contribution in [0.25, 0.3) is 0 Å². The van der Waals surface area contributed by atoms with Gasteiger partial charge in [0, 0.05) is 6.54 Å². The minimum absolute atomic E-state index is 0.135. The smallest absolute Gasteiger partial charge is 0.338 e. The summed E-state index contributed by atoms with van der Waals surface area (Å²) in [6.07, 6.45) is 0.722. The Hall–Kier alpha value is -3.02. The van der Waals surface area contributed by atoms with Crippen LogP contribution in [0.5, 0.6) is 11.5 Å². The van der Waals surface area contributed by atoms with Crippen molar-refractivity contribution in [2.24, 2.45) is 0 Å². The number of hydrogen-bond donors (Lipinski definition) is 1. The van der Waals surface area contributed by atoms with Gasteiger partial charge < -0.3 is 19.5 Å². The third-order valence-corrected chi connectivity index (χ3v) is 4.32. The summed E-state index contributed by atoms with van der Waals surface area (Å²) < 4.78 is 15.5. The summed E-state index contributed by atoms with van der Waals surface area (Å²) in [6.45, 7) is 4.61. The maximum Gasteiger partial charge on any atom is 0.338 e. The Morgan fingerprint density at radius 1 is 1.07 bits per heavy atom. The van der Waals surface area contributed by atoms with Gasteiger partial charge in [0.2, 0.25) is 6.79 Å². The number of hydrogen-bond acceptors (Lipinski definition) is 5. The first kappa shape index (κ1) is 18.8. The van der Waals surface area contributed by atoms with Crippen LogP contribution in [0.2, 0.25) is 0 Å². The molecule has 0 radical (unpaired) electrons. The summed E-state index contributed by atoms with van der Waals surface area (Å²) in [5, 5.41) is 2.76. The highest BCUT2D eigenvalue weighted by Gasteiger charge is 2.17. The van der Waals surface area contributed by atoms with Crippen molar-refractivity contribution < 1.29 is 23.8 Å². The molecular weight excluding hydrogens is 346 g/mol. The topological polar surface area (TPSA) is 73.9 Å². The van der Waals surface area contributed by atoms with E-state index in [1.807, 2.05) is 0 Å². The standard InChI is InChI=1S/C21H23NO5/c1-14(2)16-5-3-15(4-6-16)9-10-22-20(23)12-25-21(24)17-7-8-18-19(11-17)27-13-26-18/h3-8,11,14H,9-10,12-13H2,1-2H3,(H,22,23). The molecular formula is C21H23NO5. The zero-order valence-corrected chi connectivity index (χ0v) is 15.5. The number of carbonyl (C=O) groups is 2. The summed E-state index contributed by atoms with van der Waals surface area (Å²) in [7, 11) is 0. The monoisotopic (exact) mass is 369 g/mol. The van der Waals surface area contributed by atoms with Crippen LogP contribution in [-0.4, -0.2) is 31.8 Å². The number of rotatable bonds is 7. The fourth-order valence-corrected chi connectivity index (χ4v) is 2.70. The van der Waals surface area contributed by atoms with E-state index >= 15 is 0 Å². The van der Waals surface area contributed by atoms with Gasteiger partial charge in [0.05, 0.1) is 5.56 Å². The van der Waals surface area contributed by atoms with Crippen molar-refractivity contribution in [3.05, 3.63) is 59.2 Å². The maximum absolute atomic E-state index is 12.0. The fourth-order valence-electron chi connectivity index (χ4n) is 2.70. The zero-order valence-electron chi connectivity index (χ0n) is 15.5. The SMILES string of the molecule is CC(C)c1ccc(CCNC(=O)COC(=O)c2ccc3c(c2)OCO3)cc1. The third kappa shape index (κ3) is 5.00. The number of nitrogens with one attached hydrogen (secondary N) is 1. The van der Waals surface area contributed by atoms with Crippen LogP contribution < -0.4 is 14.8 Å². The van der Waals surface area contributed by atoms with Crippen LogP contribution in [0.4, 0.5) is 0 Å². The van der Waals surface area contributed by atoms with Crippen molar-refractivity contribution in [2.45, 2.75) is 26.2 Å². The summed E-state index contributed by atoms with van der Waals surface area (Å²) in [4.78, 5) is 23.9. The normalized spacial score (nSPS) is 12.1. The van der Waals surface area contributed by atoms with E-state index in [0.717, 1.165) is 12.0 Å². The van der Waals surface area contributed by atoms with E-state index in [0.29, 0.717) is 29.5 Å². The Bertz CT molecular complexity index is 814. The number of amides is 1. The van der Waals surface area contributed by atoms with Crippen LogP contribution in [0.1, 0.15) is 41.3 Å². The largest absolute Gasteiger partial charge is 0.454 e. The van der Waals surface area contributed by atoms with Crippen molar-refractivity contribution in [2.75, 3.05) is 19.9 Å². The lowest BCUT2D eigenvalue weighted by Crippen LogP contribution is -2.30. The molecule has 27 heavy (non-hydrogen) atoms. The van der Waals surface area contributed by atoms with E-state index in [1.54, 1.807) is 18.2 Å². The molecule has 2 aromatic carbocycles. The first-order chi connectivity index (χ1) is 13.0. The van der Waals surface area contributed by atoms with Gasteiger partial charge >= 0.3 is 5.97 Å². The first-order valence-electron chi connectivity index (χ1n) is 8.95. The van der Waals surface area contributed by atoms with Crippen LogP contribution >= 0.6 is 0 Å². The predicted molar refractivity (Wildman–Crippen MR) is 100 cm³/mol. The minimum Gasteiger partial charge on any atom is -0.454 e. The first-order valence-corrected chi connectivity index (χ1v) is 8.95. The van der Waals surface area contributed by atoms with Crippen molar-refractivity contribution in [1.82, 2.24) is 5.32 Å². The van der Waals surface area contributed by atoms with Gasteiger partial charge in [0.1, 0.15) is 0 Å². The molecule has 1 amide bonds. The number of esters is 1. The molecule has 0 saturated heterocycles. The summed E-state index contributed by atoms with van der Waals surface area (Å²) in [6, 6.07) is 13.1. The molecule has 6 nitrogen and oxygen atoms in total. The van der Waals surface area contributed by atoms with Crippen LogP contribution in [0.3, 0.4) is 0 Å². The molecule has 1 aliphatic rings. The highest BCUT2D eigenvalue weighted by Crippen LogP contribution is 2.32. The fraction of sp³-hybridized carbons (Fsp3) is 0.333. The van der Waals surface area contributed by atoms with Crippen LogP contribution in [0, 0.1) is 0 Å². The quantitative estimate of drug-likeness (QED) is 0.760. The van der Waals surface area contributed by atoms with Crippen LogP contribution in [0.15, 0.2) is 42.5 Å². The summed E-state index contributed by atoms with van der Waals surface area (Å²) >= 11 is 0. The Morgan fingerprint density at radius 3 is 2.56 bits per heavy atom. The Kier molecular flexibility index (Phi) is 5.96. The molecule has 0 aliphatic carbocycles. The lowest BCUT2D eigenvalue weighted by molar-refractivity contribution is -0.124. The Morgan fingerprint density at radius 2 is 1.81 bits per heavy atom. The number of carbonyl (C=O) groups excluding carboxylic acids is 2. The molecule has 1 N–H and O–H groups in total. The molecule has 3 rings (SSSR count). The van der Waals surface area contributed by atoms with Gasteiger partial charge in [-0.15, -0.1) is 0 Å². The van der Waals surface area contributed by atoms with Gasteiger partial charge in [-0.25, -0.2) is 4.79 Å². The molecule has 0 aromatic heterocycles. The number of ether oxygens (including phenoxy) is 3. The highest BCUT2D eigenvalue weighted by atomic mass is 16.7. The lowest BCUT2D eigenvalue weighted by Gasteiger charge is -2.09. The van der Waals surface area contributed by atoms with Crippen molar-refractivity contribution in [3.8, 4) is 11.5 Å². The van der Waals surface area contributed by atoms with Gasteiger partial charge in [0.25, 0.3) is 5.91 Å². The molecule has 0 atom stereocenters. The summed E-state index contributed by atoms with van der Waals surface area (Å²) in [5.74, 6) is 0.678. The van der Waals surface area contributed by atoms with Gasteiger partial charge in [0.15, 0.2) is 18.1 Å². The molecule has 0 spiro atoms. The van der Waals surface area contributed by atoms with E-state index in [9.17, 15) is 9.59 Å². The molecule has 2 aromatic rings. The molecule has 0 unspecified atom stereocenters. The van der Waals surface area contributed by atoms with E-state index in [4.69, 9.17) is 14.2 Å². The Labute approximate surface area is 158 Å². The van der Waals surface area contributed by atoms with Crippen LogP contribution in [-0.2, 0) is 16.0 Å². The second-order valence-electron chi connectivity index (χ2n) is 6.64. The van der Waals surface area contributed by atoms with E-state index < -0.39 is 5.97 Å². The molecule has 142 valence electrons. The summed E-state index contributed by atoms with van der Waals surface area (Å²) in [5.41, 5.74) is 2.76. The minimum atomic E-state index is -0.576. The predicted octanol–water partition coefficient (Wildman–Crippen LogP) is 3.05. The molecule has 6 heteroatoms.